The normalized spacial score (nSPS) is 12.4. The topological polar surface area (TPSA) is 12.0 Å². The average Bonchev–Trinajstić information content (AvgIpc) is 2.40. The minimum absolute atomic E-state index is 0.0630. The first kappa shape index (κ1) is 14.3. The summed E-state index contributed by atoms with van der Waals surface area (Å²) >= 11 is 12.0. The second-order valence-corrected chi connectivity index (χ2v) is 5.12. The highest BCUT2D eigenvalue weighted by molar-refractivity contribution is 6.31. The van der Waals surface area contributed by atoms with Crippen molar-refractivity contribution in [2.75, 3.05) is 0 Å². The maximum atomic E-state index is 13.3. The van der Waals surface area contributed by atoms with Crippen LogP contribution in [0.3, 0.4) is 0 Å². The predicted molar refractivity (Wildman–Crippen MR) is 78.1 cm³/mol. The fourth-order valence-corrected chi connectivity index (χ4v) is 2.38. The number of rotatable bonds is 4. The Morgan fingerprint density at radius 1 is 1.11 bits per heavy atom. The summed E-state index contributed by atoms with van der Waals surface area (Å²) in [6.07, 6.45) is 0. The summed E-state index contributed by atoms with van der Waals surface area (Å²) in [6, 6.07) is 12.5. The zero-order valence-corrected chi connectivity index (χ0v) is 12.0. The first-order valence-electron chi connectivity index (χ1n) is 6.00. The van der Waals surface area contributed by atoms with Crippen molar-refractivity contribution < 1.29 is 4.39 Å². The van der Waals surface area contributed by atoms with Crippen LogP contribution in [0.1, 0.15) is 24.1 Å². The molecule has 0 radical (unpaired) electrons. The van der Waals surface area contributed by atoms with Crippen molar-refractivity contribution in [2.45, 2.75) is 19.5 Å². The maximum Gasteiger partial charge on any atom is 0.142 e. The maximum absolute atomic E-state index is 13.3. The molecular weight excluding hydrogens is 284 g/mol. The van der Waals surface area contributed by atoms with Crippen LogP contribution in [0.15, 0.2) is 42.5 Å². The van der Waals surface area contributed by atoms with Crippen LogP contribution in [-0.4, -0.2) is 0 Å². The lowest BCUT2D eigenvalue weighted by molar-refractivity contribution is 0.569. The van der Waals surface area contributed by atoms with E-state index in [0.717, 1.165) is 11.1 Å². The molecule has 1 N–H and O–H groups in total. The van der Waals surface area contributed by atoms with Crippen molar-refractivity contribution in [1.82, 2.24) is 5.32 Å². The van der Waals surface area contributed by atoms with Crippen LogP contribution in [0, 0.1) is 5.82 Å². The van der Waals surface area contributed by atoms with Gasteiger partial charge in [-0.1, -0.05) is 53.5 Å². The molecule has 4 heteroatoms. The summed E-state index contributed by atoms with van der Waals surface area (Å²) < 4.78 is 13.3. The van der Waals surface area contributed by atoms with E-state index >= 15 is 0 Å². The van der Waals surface area contributed by atoms with Gasteiger partial charge in [-0.25, -0.2) is 4.39 Å². The molecule has 0 spiro atoms. The number of hydrogen-bond acceptors (Lipinski definition) is 1. The second kappa shape index (κ2) is 6.38. The fourth-order valence-electron chi connectivity index (χ4n) is 1.88. The second-order valence-electron chi connectivity index (χ2n) is 4.34. The summed E-state index contributed by atoms with van der Waals surface area (Å²) in [5.74, 6) is -0.397. The van der Waals surface area contributed by atoms with Crippen LogP contribution in [-0.2, 0) is 6.54 Å². The number of halogens is 3. The Morgan fingerprint density at radius 3 is 2.58 bits per heavy atom. The Bertz CT molecular complexity index is 572. The van der Waals surface area contributed by atoms with Crippen molar-refractivity contribution in [3.8, 4) is 0 Å². The monoisotopic (exact) mass is 297 g/mol. The van der Waals surface area contributed by atoms with Gasteiger partial charge in [-0.3, -0.25) is 0 Å². The minimum Gasteiger partial charge on any atom is -0.306 e. The Balaban J connectivity index is 2.07. The largest absolute Gasteiger partial charge is 0.306 e. The number of benzene rings is 2. The number of hydrogen-bond donors (Lipinski definition) is 1. The predicted octanol–water partition coefficient (Wildman–Crippen LogP) is 4.98. The molecular formula is C15H14Cl2FN. The molecule has 19 heavy (non-hydrogen) atoms. The fraction of sp³-hybridized carbons (Fsp3) is 0.200. The van der Waals surface area contributed by atoms with Gasteiger partial charge in [0.05, 0.1) is 5.02 Å². The Kier molecular flexibility index (Phi) is 4.81. The Hall–Kier alpha value is -1.09. The molecule has 0 amide bonds. The highest BCUT2D eigenvalue weighted by atomic mass is 35.5. The first-order valence-corrected chi connectivity index (χ1v) is 6.76. The van der Waals surface area contributed by atoms with E-state index in [0.29, 0.717) is 11.6 Å². The van der Waals surface area contributed by atoms with Gasteiger partial charge in [0.15, 0.2) is 0 Å². The third-order valence-electron chi connectivity index (χ3n) is 3.00. The molecule has 1 nitrogen and oxygen atoms in total. The molecule has 0 saturated carbocycles. The van der Waals surface area contributed by atoms with Gasteiger partial charge >= 0.3 is 0 Å². The summed E-state index contributed by atoms with van der Waals surface area (Å²) in [5.41, 5.74) is 1.75. The molecule has 2 aromatic carbocycles. The van der Waals surface area contributed by atoms with E-state index in [1.54, 1.807) is 12.1 Å². The summed E-state index contributed by atoms with van der Waals surface area (Å²) in [6.45, 7) is 2.50. The third-order valence-corrected chi connectivity index (χ3v) is 3.77. The zero-order chi connectivity index (χ0) is 13.8. The van der Waals surface area contributed by atoms with Crippen molar-refractivity contribution in [1.29, 1.82) is 0 Å². The van der Waals surface area contributed by atoms with Crippen LogP contribution in [0.25, 0.3) is 0 Å². The van der Waals surface area contributed by atoms with E-state index in [1.807, 2.05) is 31.2 Å². The van der Waals surface area contributed by atoms with Gasteiger partial charge in [-0.05, 0) is 30.2 Å². The summed E-state index contributed by atoms with van der Waals surface area (Å²) in [5, 5.41) is 4.17. The molecule has 100 valence electrons. The van der Waals surface area contributed by atoms with E-state index in [2.05, 4.69) is 5.32 Å². The van der Waals surface area contributed by atoms with Gasteiger partial charge in [0.25, 0.3) is 0 Å². The van der Waals surface area contributed by atoms with Gasteiger partial charge in [0, 0.05) is 17.6 Å². The van der Waals surface area contributed by atoms with Gasteiger partial charge in [0.2, 0.25) is 0 Å². The lowest BCUT2D eigenvalue weighted by Gasteiger charge is -2.16. The Labute approximate surface area is 122 Å². The molecule has 0 aliphatic heterocycles. The quantitative estimate of drug-likeness (QED) is 0.839. The van der Waals surface area contributed by atoms with Crippen LogP contribution < -0.4 is 5.32 Å². The molecule has 0 aromatic heterocycles. The molecule has 0 aliphatic rings. The van der Waals surface area contributed by atoms with Crippen LogP contribution in [0.4, 0.5) is 4.39 Å². The molecule has 2 rings (SSSR count). The average molecular weight is 298 g/mol. The van der Waals surface area contributed by atoms with E-state index in [9.17, 15) is 4.39 Å². The molecule has 1 atom stereocenters. The molecule has 0 saturated heterocycles. The van der Waals surface area contributed by atoms with Crippen molar-refractivity contribution in [2.24, 2.45) is 0 Å². The van der Waals surface area contributed by atoms with Gasteiger partial charge in [-0.2, -0.15) is 0 Å². The highest BCUT2D eigenvalue weighted by Crippen LogP contribution is 2.24. The molecule has 0 bridgehead atoms. The number of nitrogens with one attached hydrogen (secondary N) is 1. The van der Waals surface area contributed by atoms with E-state index in [4.69, 9.17) is 23.2 Å². The van der Waals surface area contributed by atoms with Crippen LogP contribution in [0.2, 0.25) is 10.0 Å². The smallest absolute Gasteiger partial charge is 0.142 e. The van der Waals surface area contributed by atoms with Gasteiger partial charge in [0.1, 0.15) is 5.82 Å². The van der Waals surface area contributed by atoms with Crippen LogP contribution >= 0.6 is 23.2 Å². The Morgan fingerprint density at radius 2 is 1.84 bits per heavy atom. The van der Waals surface area contributed by atoms with Gasteiger partial charge < -0.3 is 5.32 Å². The lowest BCUT2D eigenvalue weighted by atomic mass is 10.1. The standard InChI is InChI=1S/C15H14Cl2FN/c1-10(12-6-2-3-7-13(12)16)19-9-11-5-4-8-14(18)15(11)17/h2-8,10,19H,9H2,1H3/t10-/m1/s1. The molecule has 0 heterocycles. The summed E-state index contributed by atoms with van der Waals surface area (Å²) in [7, 11) is 0. The van der Waals surface area contributed by atoms with E-state index < -0.39 is 5.82 Å². The van der Waals surface area contributed by atoms with Crippen molar-refractivity contribution in [3.05, 3.63) is 69.5 Å². The van der Waals surface area contributed by atoms with Gasteiger partial charge in [-0.15, -0.1) is 0 Å². The molecule has 0 aliphatic carbocycles. The first-order chi connectivity index (χ1) is 9.09. The third kappa shape index (κ3) is 3.47. The molecule has 0 fully saturated rings. The summed E-state index contributed by atoms with van der Waals surface area (Å²) in [4.78, 5) is 0. The molecule has 2 aromatic rings. The van der Waals surface area contributed by atoms with E-state index in [-0.39, 0.29) is 11.1 Å². The molecule has 0 unspecified atom stereocenters. The van der Waals surface area contributed by atoms with Crippen LogP contribution in [0.5, 0.6) is 0 Å². The lowest BCUT2D eigenvalue weighted by Crippen LogP contribution is -2.18. The highest BCUT2D eigenvalue weighted by Gasteiger charge is 2.10. The SMILES string of the molecule is C[C@@H](NCc1cccc(F)c1Cl)c1ccccc1Cl. The minimum atomic E-state index is -0.397. The van der Waals surface area contributed by atoms with Crippen molar-refractivity contribution in [3.63, 3.8) is 0 Å². The van der Waals surface area contributed by atoms with E-state index in [1.165, 1.54) is 6.07 Å². The zero-order valence-electron chi connectivity index (χ0n) is 10.5. The van der Waals surface area contributed by atoms with Crippen molar-refractivity contribution >= 4 is 23.2 Å².